The van der Waals surface area contributed by atoms with Crippen molar-refractivity contribution in [3.63, 3.8) is 0 Å². The maximum atomic E-state index is 5.96. The van der Waals surface area contributed by atoms with E-state index in [2.05, 4.69) is 36.1 Å². The smallest absolute Gasteiger partial charge is 0.142 e. The van der Waals surface area contributed by atoms with Gasteiger partial charge in [-0.2, -0.15) is 5.10 Å². The van der Waals surface area contributed by atoms with Gasteiger partial charge in [0.25, 0.3) is 0 Å². The summed E-state index contributed by atoms with van der Waals surface area (Å²) in [6.45, 7) is 4.91. The zero-order valence-corrected chi connectivity index (χ0v) is 10.00. The van der Waals surface area contributed by atoms with Crippen molar-refractivity contribution in [2.75, 3.05) is 0 Å². The molecule has 4 nitrogen and oxygen atoms in total. The summed E-state index contributed by atoms with van der Waals surface area (Å²) in [5, 5.41) is 4.16. The van der Waals surface area contributed by atoms with E-state index < -0.39 is 0 Å². The molecule has 0 N–H and O–H groups in total. The molecular weight excluding hydrogens is 214 g/mol. The highest BCUT2D eigenvalue weighted by Crippen LogP contribution is 2.56. The summed E-state index contributed by atoms with van der Waals surface area (Å²) >= 11 is 0. The second-order valence-electron chi connectivity index (χ2n) is 4.90. The Morgan fingerprint density at radius 1 is 1.24 bits per heavy atom. The van der Waals surface area contributed by atoms with E-state index >= 15 is 0 Å². The summed E-state index contributed by atoms with van der Waals surface area (Å²) in [7, 11) is 0. The highest BCUT2D eigenvalue weighted by atomic mass is 16.6. The summed E-state index contributed by atoms with van der Waals surface area (Å²) in [5.74, 6) is 0. The van der Waals surface area contributed by atoms with Crippen LogP contribution in [0.1, 0.15) is 19.4 Å². The molecule has 0 aliphatic carbocycles. The van der Waals surface area contributed by atoms with E-state index in [0.717, 1.165) is 0 Å². The van der Waals surface area contributed by atoms with Crippen molar-refractivity contribution in [1.82, 2.24) is 14.8 Å². The third kappa shape index (κ3) is 1.56. The molecule has 88 valence electrons. The van der Waals surface area contributed by atoms with Gasteiger partial charge in [-0.1, -0.05) is 30.3 Å². The summed E-state index contributed by atoms with van der Waals surface area (Å²) in [6.07, 6.45) is 3.27. The number of epoxide rings is 1. The monoisotopic (exact) mass is 229 g/mol. The summed E-state index contributed by atoms with van der Waals surface area (Å²) in [6, 6.07) is 10.3. The maximum absolute atomic E-state index is 5.96. The Hall–Kier alpha value is -1.68. The Balaban J connectivity index is 1.96. The summed E-state index contributed by atoms with van der Waals surface area (Å²) < 4.78 is 7.78. The molecule has 2 aromatic rings. The van der Waals surface area contributed by atoms with Gasteiger partial charge in [-0.3, -0.25) is 0 Å². The molecule has 17 heavy (non-hydrogen) atoms. The van der Waals surface area contributed by atoms with Crippen molar-refractivity contribution in [1.29, 1.82) is 0 Å². The van der Waals surface area contributed by atoms with Gasteiger partial charge in [0.05, 0.1) is 12.1 Å². The lowest BCUT2D eigenvalue weighted by molar-refractivity contribution is 0.251. The van der Waals surface area contributed by atoms with Crippen LogP contribution in [0, 0.1) is 0 Å². The molecule has 1 unspecified atom stereocenters. The fourth-order valence-corrected chi connectivity index (χ4v) is 2.38. The predicted molar refractivity (Wildman–Crippen MR) is 63.3 cm³/mol. The van der Waals surface area contributed by atoms with Gasteiger partial charge in [0.1, 0.15) is 18.3 Å². The molecule has 4 heteroatoms. The molecule has 3 rings (SSSR count). The Kier molecular flexibility index (Phi) is 2.10. The van der Waals surface area contributed by atoms with Crippen molar-refractivity contribution in [3.05, 3.63) is 48.5 Å². The molecule has 0 spiro atoms. The largest absolute Gasteiger partial charge is 0.356 e. The third-order valence-electron chi connectivity index (χ3n) is 3.45. The van der Waals surface area contributed by atoms with Crippen molar-refractivity contribution in [3.8, 4) is 0 Å². The first-order valence-electron chi connectivity index (χ1n) is 5.72. The Labute approximate surface area is 100 Å². The zero-order valence-electron chi connectivity index (χ0n) is 10.00. The first kappa shape index (κ1) is 10.5. The molecule has 0 saturated carbocycles. The topological polar surface area (TPSA) is 43.2 Å². The van der Waals surface area contributed by atoms with E-state index in [9.17, 15) is 0 Å². The average molecular weight is 229 g/mol. The number of benzene rings is 1. The standard InChI is InChI=1S/C13H15N3O/c1-12(2)13(17-12,8-16-10-14-9-15-16)11-6-4-3-5-7-11/h3-7,9-10H,8H2,1-2H3. The molecule has 1 atom stereocenters. The molecule has 0 amide bonds. The van der Waals surface area contributed by atoms with Crippen molar-refractivity contribution >= 4 is 0 Å². The zero-order chi connectivity index (χ0) is 11.9. The fraction of sp³-hybridized carbons (Fsp3) is 0.385. The van der Waals surface area contributed by atoms with E-state index in [0.29, 0.717) is 6.54 Å². The van der Waals surface area contributed by atoms with Crippen LogP contribution >= 0.6 is 0 Å². The van der Waals surface area contributed by atoms with Crippen LogP contribution in [-0.4, -0.2) is 20.4 Å². The second kappa shape index (κ2) is 3.40. The Morgan fingerprint density at radius 2 is 1.94 bits per heavy atom. The molecular formula is C13H15N3O. The minimum absolute atomic E-state index is 0.152. The normalized spacial score (nSPS) is 25.8. The van der Waals surface area contributed by atoms with Crippen molar-refractivity contribution in [2.24, 2.45) is 0 Å². The number of ether oxygens (including phenoxy) is 1. The van der Waals surface area contributed by atoms with Crippen molar-refractivity contribution in [2.45, 2.75) is 31.6 Å². The molecule has 1 aliphatic rings. The minimum atomic E-state index is -0.276. The highest BCUT2D eigenvalue weighted by molar-refractivity contribution is 5.32. The van der Waals surface area contributed by atoms with Gasteiger partial charge < -0.3 is 4.74 Å². The quantitative estimate of drug-likeness (QED) is 0.756. The first-order valence-corrected chi connectivity index (χ1v) is 5.72. The van der Waals surface area contributed by atoms with Gasteiger partial charge in [-0.15, -0.1) is 0 Å². The molecule has 2 heterocycles. The van der Waals surface area contributed by atoms with Gasteiger partial charge >= 0.3 is 0 Å². The van der Waals surface area contributed by atoms with Crippen LogP contribution in [0.15, 0.2) is 43.0 Å². The van der Waals surface area contributed by atoms with E-state index in [-0.39, 0.29) is 11.2 Å². The molecule has 1 saturated heterocycles. The van der Waals surface area contributed by atoms with Crippen LogP contribution < -0.4 is 0 Å². The van der Waals surface area contributed by atoms with Gasteiger partial charge in [0, 0.05) is 0 Å². The predicted octanol–water partition coefficient (Wildman–Crippen LogP) is 1.98. The number of hydrogen-bond acceptors (Lipinski definition) is 3. The second-order valence-corrected chi connectivity index (χ2v) is 4.90. The number of hydrogen-bond donors (Lipinski definition) is 0. The molecule has 1 aromatic carbocycles. The Bertz CT molecular complexity index is 507. The van der Waals surface area contributed by atoms with Gasteiger partial charge in [0.15, 0.2) is 0 Å². The lowest BCUT2D eigenvalue weighted by Crippen LogP contribution is -2.25. The molecule has 1 aliphatic heterocycles. The van der Waals surface area contributed by atoms with E-state index in [1.54, 1.807) is 12.7 Å². The van der Waals surface area contributed by atoms with Gasteiger partial charge in [-0.05, 0) is 19.4 Å². The van der Waals surface area contributed by atoms with E-state index in [1.807, 2.05) is 22.9 Å². The Morgan fingerprint density at radius 3 is 2.47 bits per heavy atom. The summed E-state index contributed by atoms with van der Waals surface area (Å²) in [4.78, 5) is 3.97. The van der Waals surface area contributed by atoms with Gasteiger partial charge in [-0.25, -0.2) is 9.67 Å². The van der Waals surface area contributed by atoms with Crippen LogP contribution in [-0.2, 0) is 16.9 Å². The highest BCUT2D eigenvalue weighted by Gasteiger charge is 2.65. The lowest BCUT2D eigenvalue weighted by Gasteiger charge is -2.15. The van der Waals surface area contributed by atoms with Crippen LogP contribution in [0.3, 0.4) is 0 Å². The molecule has 0 radical (unpaired) electrons. The minimum Gasteiger partial charge on any atom is -0.356 e. The van der Waals surface area contributed by atoms with Crippen molar-refractivity contribution < 1.29 is 4.74 Å². The van der Waals surface area contributed by atoms with Crippen LogP contribution in [0.2, 0.25) is 0 Å². The first-order chi connectivity index (χ1) is 8.14. The SMILES string of the molecule is CC1(C)OC1(Cn1cncn1)c1ccccc1. The average Bonchev–Trinajstić information content (AvgIpc) is 2.68. The number of nitrogens with zero attached hydrogens (tertiary/aromatic N) is 3. The van der Waals surface area contributed by atoms with E-state index in [1.165, 1.54) is 5.56 Å². The number of rotatable bonds is 3. The van der Waals surface area contributed by atoms with Gasteiger partial charge in [0.2, 0.25) is 0 Å². The molecule has 0 bridgehead atoms. The third-order valence-corrected chi connectivity index (χ3v) is 3.45. The summed E-state index contributed by atoms with van der Waals surface area (Å²) in [5.41, 5.74) is 0.767. The van der Waals surface area contributed by atoms with Crippen LogP contribution in [0.5, 0.6) is 0 Å². The maximum Gasteiger partial charge on any atom is 0.142 e. The fourth-order valence-electron chi connectivity index (χ4n) is 2.38. The molecule has 1 fully saturated rings. The van der Waals surface area contributed by atoms with Crippen LogP contribution in [0.4, 0.5) is 0 Å². The van der Waals surface area contributed by atoms with Crippen LogP contribution in [0.25, 0.3) is 0 Å². The lowest BCUT2D eigenvalue weighted by atomic mass is 9.88. The number of aromatic nitrogens is 3. The van der Waals surface area contributed by atoms with E-state index in [4.69, 9.17) is 4.74 Å². The molecule has 1 aromatic heterocycles.